The summed E-state index contributed by atoms with van der Waals surface area (Å²) < 4.78 is 23.0. The summed E-state index contributed by atoms with van der Waals surface area (Å²) in [6, 6.07) is -0.438. The van der Waals surface area contributed by atoms with Gasteiger partial charge in [0.15, 0.2) is 12.1 Å². The lowest BCUT2D eigenvalue weighted by molar-refractivity contribution is -0.208. The van der Waals surface area contributed by atoms with Gasteiger partial charge in [0.1, 0.15) is 23.9 Å². The Morgan fingerprint density at radius 1 is 1.37 bits per heavy atom. The van der Waals surface area contributed by atoms with E-state index in [0.29, 0.717) is 0 Å². The maximum atomic E-state index is 11.3. The third-order valence-electron chi connectivity index (χ3n) is 3.78. The number of rotatable bonds is 2. The van der Waals surface area contributed by atoms with Gasteiger partial charge in [-0.25, -0.2) is 0 Å². The molecule has 3 aliphatic heterocycles. The van der Waals surface area contributed by atoms with E-state index >= 15 is 0 Å². The molecule has 0 aliphatic carbocycles. The molecule has 19 heavy (non-hydrogen) atoms. The van der Waals surface area contributed by atoms with Crippen LogP contribution >= 0.6 is 0 Å². The van der Waals surface area contributed by atoms with E-state index in [9.17, 15) is 9.90 Å². The van der Waals surface area contributed by atoms with Gasteiger partial charge < -0.3 is 29.4 Å². The second kappa shape index (κ2) is 4.13. The lowest BCUT2D eigenvalue weighted by atomic mass is 9.88. The molecule has 3 saturated heterocycles. The number of ether oxygens (including phenoxy) is 4. The average molecular weight is 273 g/mol. The smallest absolute Gasteiger partial charge is 0.217 e. The van der Waals surface area contributed by atoms with Crippen LogP contribution < -0.4 is 5.32 Å². The second-order valence-corrected chi connectivity index (χ2v) is 5.77. The SMILES string of the molecule is CC(=O)NC1C2OCC(CO)(O2)C2OC(C)(C)OC12. The van der Waals surface area contributed by atoms with Crippen LogP contribution in [0.4, 0.5) is 0 Å². The Kier molecular flexibility index (Phi) is 2.88. The van der Waals surface area contributed by atoms with Crippen molar-refractivity contribution in [2.24, 2.45) is 0 Å². The Labute approximate surface area is 111 Å². The number of hydrogen-bond acceptors (Lipinski definition) is 6. The van der Waals surface area contributed by atoms with Gasteiger partial charge >= 0.3 is 0 Å². The lowest BCUT2D eigenvalue weighted by Gasteiger charge is -2.41. The van der Waals surface area contributed by atoms with Gasteiger partial charge in [0.05, 0.1) is 13.2 Å². The van der Waals surface area contributed by atoms with Gasteiger partial charge in [0.25, 0.3) is 0 Å². The van der Waals surface area contributed by atoms with Crippen molar-refractivity contribution in [3.8, 4) is 0 Å². The summed E-state index contributed by atoms with van der Waals surface area (Å²) >= 11 is 0. The third kappa shape index (κ3) is 1.96. The molecular weight excluding hydrogens is 254 g/mol. The minimum atomic E-state index is -0.905. The van der Waals surface area contributed by atoms with Crippen LogP contribution in [0.2, 0.25) is 0 Å². The zero-order valence-electron chi connectivity index (χ0n) is 11.2. The Morgan fingerprint density at radius 2 is 2.11 bits per heavy atom. The average Bonchev–Trinajstić information content (AvgIpc) is 2.85. The maximum absolute atomic E-state index is 11.3. The predicted octanol–water partition coefficient (Wildman–Crippen LogP) is -0.871. The predicted molar refractivity (Wildman–Crippen MR) is 62.1 cm³/mol. The van der Waals surface area contributed by atoms with Crippen molar-refractivity contribution in [1.82, 2.24) is 5.32 Å². The van der Waals surface area contributed by atoms with Gasteiger partial charge in [0.2, 0.25) is 5.91 Å². The zero-order valence-corrected chi connectivity index (χ0v) is 11.2. The number of nitrogens with one attached hydrogen (secondary N) is 1. The zero-order chi connectivity index (χ0) is 13.8. The minimum Gasteiger partial charge on any atom is -0.393 e. The molecule has 3 rings (SSSR count). The highest BCUT2D eigenvalue weighted by Gasteiger charge is 2.65. The van der Waals surface area contributed by atoms with Gasteiger partial charge in [-0.1, -0.05) is 0 Å². The first-order valence-corrected chi connectivity index (χ1v) is 6.40. The lowest BCUT2D eigenvalue weighted by Crippen LogP contribution is -2.65. The van der Waals surface area contributed by atoms with Gasteiger partial charge in [-0.15, -0.1) is 0 Å². The van der Waals surface area contributed by atoms with Crippen molar-refractivity contribution in [3.05, 3.63) is 0 Å². The van der Waals surface area contributed by atoms with Crippen molar-refractivity contribution in [2.45, 2.75) is 56.7 Å². The quantitative estimate of drug-likeness (QED) is 0.680. The van der Waals surface area contributed by atoms with E-state index in [2.05, 4.69) is 5.32 Å². The number of hydrogen-bond donors (Lipinski definition) is 2. The Balaban J connectivity index is 1.92. The molecule has 7 heteroatoms. The van der Waals surface area contributed by atoms with Crippen molar-refractivity contribution in [3.63, 3.8) is 0 Å². The molecule has 0 aromatic carbocycles. The number of carbonyl (C=O) groups is 1. The van der Waals surface area contributed by atoms with E-state index in [4.69, 9.17) is 18.9 Å². The summed E-state index contributed by atoms with van der Waals surface area (Å²) in [6.45, 7) is 5.05. The Hall–Kier alpha value is -0.730. The van der Waals surface area contributed by atoms with Crippen LogP contribution in [0.15, 0.2) is 0 Å². The van der Waals surface area contributed by atoms with Crippen LogP contribution in [0.1, 0.15) is 20.8 Å². The molecule has 0 spiro atoms. The molecule has 1 amide bonds. The van der Waals surface area contributed by atoms with Crippen molar-refractivity contribution < 1.29 is 28.8 Å². The molecule has 0 radical (unpaired) electrons. The topological polar surface area (TPSA) is 86.3 Å². The van der Waals surface area contributed by atoms with Crippen LogP contribution in [0.25, 0.3) is 0 Å². The van der Waals surface area contributed by atoms with Crippen LogP contribution in [-0.2, 0) is 23.7 Å². The molecule has 5 unspecified atom stereocenters. The number of carbonyl (C=O) groups excluding carboxylic acids is 1. The molecule has 5 atom stereocenters. The van der Waals surface area contributed by atoms with Crippen molar-refractivity contribution in [1.29, 1.82) is 0 Å². The Bertz CT molecular complexity index is 400. The van der Waals surface area contributed by atoms with Crippen molar-refractivity contribution in [2.75, 3.05) is 13.2 Å². The van der Waals surface area contributed by atoms with Crippen LogP contribution in [0.5, 0.6) is 0 Å². The summed E-state index contributed by atoms with van der Waals surface area (Å²) in [5.74, 6) is -0.963. The second-order valence-electron chi connectivity index (χ2n) is 5.77. The molecule has 0 aromatic rings. The highest BCUT2D eigenvalue weighted by atomic mass is 16.8. The molecule has 108 valence electrons. The number of fused-ring (bicyclic) bond motifs is 4. The van der Waals surface area contributed by atoms with Gasteiger partial charge in [0, 0.05) is 6.92 Å². The molecule has 3 fully saturated rings. The summed E-state index contributed by atoms with van der Waals surface area (Å²) in [5.41, 5.74) is -0.905. The first kappa shape index (κ1) is 13.3. The standard InChI is InChI=1S/C12H19NO6/c1-6(15)13-7-8-9(18-11(2,3)17-8)12(4-14)5-16-10(7)19-12/h7-10,14H,4-5H2,1-3H3,(H,13,15). The van der Waals surface area contributed by atoms with Crippen LogP contribution in [0, 0.1) is 0 Å². The van der Waals surface area contributed by atoms with Crippen molar-refractivity contribution >= 4 is 5.91 Å². The molecule has 2 bridgehead atoms. The fraction of sp³-hybridized carbons (Fsp3) is 0.917. The van der Waals surface area contributed by atoms with E-state index in [1.165, 1.54) is 6.92 Å². The third-order valence-corrected chi connectivity index (χ3v) is 3.78. The normalized spacial score (nSPS) is 46.9. The fourth-order valence-electron chi connectivity index (χ4n) is 3.02. The monoisotopic (exact) mass is 273 g/mol. The number of amides is 1. The summed E-state index contributed by atoms with van der Waals surface area (Å²) in [6.07, 6.45) is -1.48. The van der Waals surface area contributed by atoms with Gasteiger partial charge in [-0.05, 0) is 13.8 Å². The van der Waals surface area contributed by atoms with E-state index in [1.807, 2.05) is 0 Å². The molecular formula is C12H19NO6. The number of aliphatic hydroxyl groups excluding tert-OH is 1. The van der Waals surface area contributed by atoms with Crippen LogP contribution in [0.3, 0.4) is 0 Å². The van der Waals surface area contributed by atoms with E-state index < -0.39 is 35.9 Å². The van der Waals surface area contributed by atoms with E-state index in [0.717, 1.165) is 0 Å². The summed E-state index contributed by atoms with van der Waals surface area (Å²) in [5, 5.41) is 12.4. The largest absolute Gasteiger partial charge is 0.393 e. The molecule has 3 aliphatic rings. The van der Waals surface area contributed by atoms with E-state index in [-0.39, 0.29) is 19.1 Å². The molecule has 0 aromatic heterocycles. The highest BCUT2D eigenvalue weighted by Crippen LogP contribution is 2.45. The fourth-order valence-corrected chi connectivity index (χ4v) is 3.02. The highest BCUT2D eigenvalue weighted by molar-refractivity contribution is 5.73. The van der Waals surface area contributed by atoms with Gasteiger partial charge in [-0.3, -0.25) is 4.79 Å². The minimum absolute atomic E-state index is 0.187. The maximum Gasteiger partial charge on any atom is 0.217 e. The molecule has 0 saturated carbocycles. The first-order valence-electron chi connectivity index (χ1n) is 6.40. The first-order chi connectivity index (χ1) is 8.87. The molecule has 2 N–H and O–H groups in total. The molecule has 3 heterocycles. The van der Waals surface area contributed by atoms with E-state index in [1.54, 1.807) is 13.8 Å². The summed E-state index contributed by atoms with van der Waals surface area (Å²) in [7, 11) is 0. The summed E-state index contributed by atoms with van der Waals surface area (Å²) in [4.78, 5) is 11.3. The number of aliphatic hydroxyl groups is 1. The van der Waals surface area contributed by atoms with Crippen LogP contribution in [-0.4, -0.2) is 60.2 Å². The van der Waals surface area contributed by atoms with Gasteiger partial charge in [-0.2, -0.15) is 0 Å². The Morgan fingerprint density at radius 3 is 2.74 bits per heavy atom. The molecule has 7 nitrogen and oxygen atoms in total.